The van der Waals surface area contributed by atoms with Crippen LogP contribution >= 0.6 is 11.8 Å². The molecule has 2 saturated heterocycles. The lowest BCUT2D eigenvalue weighted by molar-refractivity contribution is -0.0982. The Morgan fingerprint density at radius 1 is 1.38 bits per heavy atom. The van der Waals surface area contributed by atoms with Crippen molar-refractivity contribution < 1.29 is 4.74 Å². The molecule has 94 valence electrons. The number of ether oxygens (including phenoxy) is 1. The fourth-order valence-corrected chi connectivity index (χ4v) is 4.26. The van der Waals surface area contributed by atoms with Crippen molar-refractivity contribution in [2.24, 2.45) is 5.73 Å². The van der Waals surface area contributed by atoms with Gasteiger partial charge in [-0.15, -0.1) is 0 Å². The topological polar surface area (TPSA) is 38.5 Å². The summed E-state index contributed by atoms with van der Waals surface area (Å²) >= 11 is 2.06. The van der Waals surface area contributed by atoms with Crippen molar-refractivity contribution in [3.05, 3.63) is 0 Å². The summed E-state index contributed by atoms with van der Waals surface area (Å²) in [5.74, 6) is 2.50. The first kappa shape index (κ1) is 12.7. The Balaban J connectivity index is 2.07. The minimum Gasteiger partial charge on any atom is -0.373 e. The molecule has 0 radical (unpaired) electrons. The molecule has 0 saturated carbocycles. The first-order valence-corrected chi connectivity index (χ1v) is 7.50. The van der Waals surface area contributed by atoms with Gasteiger partial charge >= 0.3 is 0 Å². The predicted molar refractivity (Wildman–Crippen MR) is 69.9 cm³/mol. The molecule has 0 aromatic rings. The van der Waals surface area contributed by atoms with E-state index >= 15 is 0 Å². The molecule has 16 heavy (non-hydrogen) atoms. The smallest absolute Gasteiger partial charge is 0.0678 e. The highest BCUT2D eigenvalue weighted by molar-refractivity contribution is 7.99. The van der Waals surface area contributed by atoms with E-state index in [0.717, 1.165) is 19.6 Å². The van der Waals surface area contributed by atoms with Crippen LogP contribution in [0.1, 0.15) is 26.7 Å². The number of nitrogens with zero attached hydrogens (tertiary/aromatic N) is 1. The first-order chi connectivity index (χ1) is 7.66. The zero-order chi connectivity index (χ0) is 11.6. The molecule has 0 aromatic carbocycles. The Kier molecular flexibility index (Phi) is 4.16. The van der Waals surface area contributed by atoms with Crippen molar-refractivity contribution in [2.75, 3.05) is 31.1 Å². The van der Waals surface area contributed by atoms with Gasteiger partial charge in [-0.1, -0.05) is 0 Å². The van der Waals surface area contributed by atoms with Gasteiger partial charge in [-0.2, -0.15) is 11.8 Å². The Bertz CT molecular complexity index is 221. The van der Waals surface area contributed by atoms with Crippen LogP contribution in [0.5, 0.6) is 0 Å². The first-order valence-electron chi connectivity index (χ1n) is 6.34. The highest BCUT2D eigenvalue weighted by atomic mass is 32.2. The van der Waals surface area contributed by atoms with Crippen LogP contribution in [-0.4, -0.2) is 53.8 Å². The quantitative estimate of drug-likeness (QED) is 0.795. The van der Waals surface area contributed by atoms with Gasteiger partial charge in [-0.05, 0) is 32.4 Å². The predicted octanol–water partition coefficient (Wildman–Crippen LogP) is 1.32. The maximum Gasteiger partial charge on any atom is 0.0678 e. The highest BCUT2D eigenvalue weighted by Gasteiger charge is 2.40. The van der Waals surface area contributed by atoms with E-state index in [9.17, 15) is 0 Å². The normalized spacial score (nSPS) is 42.2. The van der Waals surface area contributed by atoms with Gasteiger partial charge in [-0.3, -0.25) is 4.90 Å². The lowest BCUT2D eigenvalue weighted by Gasteiger charge is -2.49. The highest BCUT2D eigenvalue weighted by Crippen LogP contribution is 2.33. The Labute approximate surface area is 103 Å². The van der Waals surface area contributed by atoms with E-state index < -0.39 is 0 Å². The van der Waals surface area contributed by atoms with E-state index in [0.29, 0.717) is 12.2 Å². The molecule has 2 aliphatic heterocycles. The molecule has 0 bridgehead atoms. The average Bonchev–Trinajstić information content (AvgIpc) is 2.28. The summed E-state index contributed by atoms with van der Waals surface area (Å²) in [4.78, 5) is 2.60. The number of nitrogens with two attached hydrogens (primary N) is 1. The monoisotopic (exact) mass is 244 g/mol. The standard InChI is InChI=1S/C12H24N2OS/c1-10-6-14(7-11(2)15-10)12(8-13)4-3-5-16-9-12/h10-11H,3-9,13H2,1-2H3. The number of hydrogen-bond donors (Lipinski definition) is 1. The van der Waals surface area contributed by atoms with Crippen molar-refractivity contribution in [1.29, 1.82) is 0 Å². The molecule has 0 spiro atoms. The van der Waals surface area contributed by atoms with Crippen molar-refractivity contribution in [1.82, 2.24) is 4.90 Å². The zero-order valence-electron chi connectivity index (χ0n) is 10.4. The molecule has 2 fully saturated rings. The summed E-state index contributed by atoms with van der Waals surface area (Å²) < 4.78 is 5.81. The minimum atomic E-state index is 0.245. The molecule has 2 aliphatic rings. The van der Waals surface area contributed by atoms with Crippen LogP contribution in [-0.2, 0) is 4.74 Å². The van der Waals surface area contributed by atoms with Crippen LogP contribution in [0, 0.1) is 0 Å². The second-order valence-electron chi connectivity index (χ2n) is 5.25. The zero-order valence-corrected chi connectivity index (χ0v) is 11.3. The number of hydrogen-bond acceptors (Lipinski definition) is 4. The second-order valence-corrected chi connectivity index (χ2v) is 6.35. The summed E-state index contributed by atoms with van der Waals surface area (Å²) in [6, 6.07) is 0. The maximum atomic E-state index is 6.06. The van der Waals surface area contributed by atoms with Crippen molar-refractivity contribution >= 4 is 11.8 Å². The maximum absolute atomic E-state index is 6.06. The molecule has 2 heterocycles. The Morgan fingerprint density at radius 2 is 2.06 bits per heavy atom. The number of rotatable bonds is 2. The van der Waals surface area contributed by atoms with Crippen LogP contribution in [0.15, 0.2) is 0 Å². The van der Waals surface area contributed by atoms with Gasteiger partial charge in [0, 0.05) is 30.9 Å². The van der Waals surface area contributed by atoms with Gasteiger partial charge in [0.2, 0.25) is 0 Å². The van der Waals surface area contributed by atoms with E-state index in [1.807, 2.05) is 0 Å². The summed E-state index contributed by atoms with van der Waals surface area (Å²) in [5, 5.41) is 0. The van der Waals surface area contributed by atoms with Crippen LogP contribution in [0.4, 0.5) is 0 Å². The summed E-state index contributed by atoms with van der Waals surface area (Å²) in [6.45, 7) is 7.22. The lowest BCUT2D eigenvalue weighted by atomic mass is 9.91. The Morgan fingerprint density at radius 3 is 2.56 bits per heavy atom. The third-order valence-electron chi connectivity index (χ3n) is 3.77. The Hall–Kier alpha value is 0.230. The summed E-state index contributed by atoms with van der Waals surface area (Å²) in [6.07, 6.45) is 3.26. The van der Waals surface area contributed by atoms with Gasteiger partial charge in [0.25, 0.3) is 0 Å². The minimum absolute atomic E-state index is 0.245. The third kappa shape index (κ3) is 2.55. The van der Waals surface area contributed by atoms with Crippen LogP contribution in [0.3, 0.4) is 0 Å². The van der Waals surface area contributed by atoms with E-state index in [1.54, 1.807) is 0 Å². The molecule has 3 unspecified atom stereocenters. The molecule has 4 heteroatoms. The van der Waals surface area contributed by atoms with Crippen LogP contribution in [0.2, 0.25) is 0 Å². The number of morpholine rings is 1. The van der Waals surface area contributed by atoms with Crippen molar-refractivity contribution in [2.45, 2.75) is 44.4 Å². The summed E-state index contributed by atoms with van der Waals surface area (Å²) in [7, 11) is 0. The third-order valence-corrected chi connectivity index (χ3v) is 5.09. The average molecular weight is 244 g/mol. The SMILES string of the molecule is CC1CN(C2(CN)CCCSC2)CC(C)O1. The molecular weight excluding hydrogens is 220 g/mol. The lowest BCUT2D eigenvalue weighted by Crippen LogP contribution is -2.62. The van der Waals surface area contributed by atoms with Crippen molar-refractivity contribution in [3.8, 4) is 0 Å². The molecule has 0 amide bonds. The van der Waals surface area contributed by atoms with Gasteiger partial charge in [0.05, 0.1) is 12.2 Å². The van der Waals surface area contributed by atoms with Gasteiger partial charge < -0.3 is 10.5 Å². The molecule has 0 aliphatic carbocycles. The molecule has 2 N–H and O–H groups in total. The van der Waals surface area contributed by atoms with E-state index in [4.69, 9.17) is 10.5 Å². The van der Waals surface area contributed by atoms with Crippen LogP contribution in [0.25, 0.3) is 0 Å². The largest absolute Gasteiger partial charge is 0.373 e. The molecular formula is C12H24N2OS. The van der Waals surface area contributed by atoms with Gasteiger partial charge in [0.15, 0.2) is 0 Å². The van der Waals surface area contributed by atoms with E-state index in [1.165, 1.54) is 24.3 Å². The van der Waals surface area contributed by atoms with E-state index in [-0.39, 0.29) is 5.54 Å². The number of thioether (sulfide) groups is 1. The van der Waals surface area contributed by atoms with Gasteiger partial charge in [0.1, 0.15) is 0 Å². The molecule has 3 nitrogen and oxygen atoms in total. The fraction of sp³-hybridized carbons (Fsp3) is 1.00. The molecule has 0 aromatic heterocycles. The second kappa shape index (κ2) is 5.25. The summed E-state index contributed by atoms with van der Waals surface area (Å²) in [5.41, 5.74) is 6.31. The molecule has 2 rings (SSSR count). The molecule has 3 atom stereocenters. The fourth-order valence-electron chi connectivity index (χ4n) is 2.94. The van der Waals surface area contributed by atoms with E-state index in [2.05, 4.69) is 30.5 Å². The van der Waals surface area contributed by atoms with Crippen molar-refractivity contribution in [3.63, 3.8) is 0 Å². The van der Waals surface area contributed by atoms with Crippen LogP contribution < -0.4 is 5.73 Å². The van der Waals surface area contributed by atoms with Gasteiger partial charge in [-0.25, -0.2) is 0 Å².